The van der Waals surface area contributed by atoms with Crippen LogP contribution in [0.15, 0.2) is 0 Å². The molecule has 4 nitrogen and oxygen atoms in total. The van der Waals surface area contributed by atoms with Crippen LogP contribution in [0.1, 0.15) is 6.92 Å². The van der Waals surface area contributed by atoms with Gasteiger partial charge in [-0.1, -0.05) is 0 Å². The molecule has 0 aliphatic carbocycles. The molecule has 1 fully saturated rings. The van der Waals surface area contributed by atoms with Gasteiger partial charge in [0.25, 0.3) is 0 Å². The van der Waals surface area contributed by atoms with Crippen molar-refractivity contribution in [3.63, 3.8) is 0 Å². The molecule has 2 unspecified atom stereocenters. The van der Waals surface area contributed by atoms with Crippen molar-refractivity contribution in [2.24, 2.45) is 0 Å². The van der Waals surface area contributed by atoms with Crippen LogP contribution in [0.25, 0.3) is 0 Å². The molecule has 0 aromatic heterocycles. The first kappa shape index (κ1) is 10.9. The summed E-state index contributed by atoms with van der Waals surface area (Å²) in [5.74, 6) is 0. The number of hydrogen-bond acceptors (Lipinski definition) is 4. The molecule has 0 saturated carbocycles. The van der Waals surface area contributed by atoms with Crippen LogP contribution in [0.4, 0.5) is 0 Å². The summed E-state index contributed by atoms with van der Waals surface area (Å²) in [5, 5.41) is 12.8. The highest BCUT2D eigenvalue weighted by Crippen LogP contribution is 2.03. The van der Waals surface area contributed by atoms with Gasteiger partial charge in [-0.2, -0.15) is 0 Å². The molecule has 0 bridgehead atoms. The van der Waals surface area contributed by atoms with Gasteiger partial charge in [0.1, 0.15) is 0 Å². The van der Waals surface area contributed by atoms with Crippen molar-refractivity contribution in [3.05, 3.63) is 0 Å². The smallest absolute Gasteiger partial charge is 0.0900 e. The molecule has 13 heavy (non-hydrogen) atoms. The molecule has 0 amide bonds. The van der Waals surface area contributed by atoms with Crippen LogP contribution < -0.4 is 5.32 Å². The number of nitrogens with one attached hydrogen (secondary N) is 1. The number of nitrogens with zero attached hydrogens (tertiary/aromatic N) is 1. The number of piperazine rings is 1. The zero-order valence-electron chi connectivity index (χ0n) is 8.49. The van der Waals surface area contributed by atoms with Gasteiger partial charge in [0.05, 0.1) is 12.7 Å². The number of ether oxygens (including phenoxy) is 1. The Morgan fingerprint density at radius 3 is 3.08 bits per heavy atom. The second-order valence-corrected chi connectivity index (χ2v) is 3.66. The molecule has 2 atom stereocenters. The first-order chi connectivity index (χ1) is 6.24. The van der Waals surface area contributed by atoms with E-state index >= 15 is 0 Å². The van der Waals surface area contributed by atoms with E-state index in [0.717, 1.165) is 26.2 Å². The van der Waals surface area contributed by atoms with Crippen molar-refractivity contribution in [3.8, 4) is 0 Å². The maximum absolute atomic E-state index is 9.53. The molecule has 0 spiro atoms. The normalized spacial score (nSPS) is 27.5. The maximum atomic E-state index is 9.53. The lowest BCUT2D eigenvalue weighted by Crippen LogP contribution is -2.52. The molecule has 2 N–H and O–H groups in total. The molecule has 1 rings (SSSR count). The largest absolute Gasteiger partial charge is 0.389 e. The Morgan fingerprint density at radius 1 is 1.69 bits per heavy atom. The van der Waals surface area contributed by atoms with Crippen molar-refractivity contribution >= 4 is 0 Å². The fraction of sp³-hybridized carbons (Fsp3) is 1.00. The Kier molecular flexibility index (Phi) is 4.66. The highest BCUT2D eigenvalue weighted by molar-refractivity contribution is 4.77. The van der Waals surface area contributed by atoms with Crippen LogP contribution in [0.5, 0.6) is 0 Å². The van der Waals surface area contributed by atoms with Crippen LogP contribution in [-0.4, -0.2) is 62.0 Å². The minimum Gasteiger partial charge on any atom is -0.389 e. The number of methoxy groups -OCH3 is 1. The summed E-state index contributed by atoms with van der Waals surface area (Å²) < 4.78 is 4.89. The number of rotatable bonds is 4. The van der Waals surface area contributed by atoms with Crippen molar-refractivity contribution in [1.29, 1.82) is 0 Å². The zero-order chi connectivity index (χ0) is 9.68. The van der Waals surface area contributed by atoms with Gasteiger partial charge in [-0.05, 0) is 6.92 Å². The summed E-state index contributed by atoms with van der Waals surface area (Å²) in [4.78, 5) is 2.29. The van der Waals surface area contributed by atoms with E-state index in [4.69, 9.17) is 4.74 Å². The van der Waals surface area contributed by atoms with Crippen molar-refractivity contribution < 1.29 is 9.84 Å². The Bertz CT molecular complexity index is 144. The van der Waals surface area contributed by atoms with E-state index in [0.29, 0.717) is 12.6 Å². The fourth-order valence-electron chi connectivity index (χ4n) is 1.67. The second kappa shape index (κ2) is 5.54. The molecule has 0 aromatic carbocycles. The zero-order valence-corrected chi connectivity index (χ0v) is 8.49. The van der Waals surface area contributed by atoms with Gasteiger partial charge in [-0.3, -0.25) is 4.90 Å². The lowest BCUT2D eigenvalue weighted by atomic mass is 10.2. The lowest BCUT2D eigenvalue weighted by molar-refractivity contribution is 0.0237. The van der Waals surface area contributed by atoms with E-state index in [1.54, 1.807) is 7.11 Å². The molecule has 78 valence electrons. The Morgan fingerprint density at radius 2 is 2.46 bits per heavy atom. The van der Waals surface area contributed by atoms with E-state index in [2.05, 4.69) is 17.1 Å². The molecule has 4 heteroatoms. The molecule has 1 aliphatic heterocycles. The highest BCUT2D eigenvalue weighted by Gasteiger charge is 2.19. The van der Waals surface area contributed by atoms with Crippen LogP contribution in [0.2, 0.25) is 0 Å². The summed E-state index contributed by atoms with van der Waals surface area (Å²) in [6.45, 7) is 6.37. The highest BCUT2D eigenvalue weighted by atomic mass is 16.5. The van der Waals surface area contributed by atoms with Crippen molar-refractivity contribution in [2.45, 2.75) is 19.1 Å². The van der Waals surface area contributed by atoms with Gasteiger partial charge in [-0.15, -0.1) is 0 Å². The average molecular weight is 188 g/mol. The minimum atomic E-state index is -0.356. The third kappa shape index (κ3) is 3.60. The molecule has 0 radical (unpaired) electrons. The number of aliphatic hydroxyl groups excluding tert-OH is 1. The van der Waals surface area contributed by atoms with Gasteiger partial charge in [-0.25, -0.2) is 0 Å². The first-order valence-electron chi connectivity index (χ1n) is 4.85. The first-order valence-corrected chi connectivity index (χ1v) is 4.85. The third-order valence-electron chi connectivity index (χ3n) is 2.44. The number of hydrogen-bond donors (Lipinski definition) is 2. The summed E-state index contributed by atoms with van der Waals surface area (Å²) in [6.07, 6.45) is -0.356. The van der Waals surface area contributed by atoms with Gasteiger partial charge < -0.3 is 15.2 Å². The Balaban J connectivity index is 2.25. The summed E-state index contributed by atoms with van der Waals surface area (Å²) in [6, 6.07) is 0.514. The fourth-order valence-corrected chi connectivity index (χ4v) is 1.67. The monoisotopic (exact) mass is 188 g/mol. The van der Waals surface area contributed by atoms with E-state index < -0.39 is 0 Å². The topological polar surface area (TPSA) is 44.7 Å². The standard InChI is InChI=1S/C9H20N2O2/c1-8-5-10-3-4-11(8)6-9(12)7-13-2/h8-10,12H,3-7H2,1-2H3. The van der Waals surface area contributed by atoms with Gasteiger partial charge in [0, 0.05) is 39.3 Å². The predicted octanol–water partition coefficient (Wildman–Crippen LogP) is -0.713. The summed E-state index contributed by atoms with van der Waals surface area (Å²) in [7, 11) is 1.62. The minimum absolute atomic E-state index is 0.356. The maximum Gasteiger partial charge on any atom is 0.0900 e. The molecule has 1 heterocycles. The SMILES string of the molecule is COCC(O)CN1CCNCC1C. The number of β-amino-alcohol motifs (C(OH)–C–C–N with tert-alkyl or cyclic N) is 1. The predicted molar refractivity (Wildman–Crippen MR) is 51.8 cm³/mol. The summed E-state index contributed by atoms with van der Waals surface area (Å²) >= 11 is 0. The van der Waals surface area contributed by atoms with E-state index in [1.807, 2.05) is 0 Å². The Labute approximate surface area is 79.9 Å². The van der Waals surface area contributed by atoms with E-state index in [9.17, 15) is 5.11 Å². The van der Waals surface area contributed by atoms with Crippen LogP contribution in [0.3, 0.4) is 0 Å². The van der Waals surface area contributed by atoms with Gasteiger partial charge >= 0.3 is 0 Å². The van der Waals surface area contributed by atoms with Gasteiger partial charge in [0.15, 0.2) is 0 Å². The summed E-state index contributed by atoms with van der Waals surface area (Å²) in [5.41, 5.74) is 0. The van der Waals surface area contributed by atoms with Gasteiger partial charge in [0.2, 0.25) is 0 Å². The molecule has 1 aliphatic rings. The second-order valence-electron chi connectivity index (χ2n) is 3.66. The molecular weight excluding hydrogens is 168 g/mol. The van der Waals surface area contributed by atoms with Crippen LogP contribution in [0, 0.1) is 0 Å². The van der Waals surface area contributed by atoms with Crippen LogP contribution >= 0.6 is 0 Å². The Hall–Kier alpha value is -0.160. The molecule has 1 saturated heterocycles. The lowest BCUT2D eigenvalue weighted by Gasteiger charge is -2.35. The van der Waals surface area contributed by atoms with Crippen LogP contribution in [-0.2, 0) is 4.74 Å². The van der Waals surface area contributed by atoms with Crippen molar-refractivity contribution in [2.75, 3.05) is 39.9 Å². The molecule has 0 aromatic rings. The quantitative estimate of drug-likeness (QED) is 0.611. The van der Waals surface area contributed by atoms with E-state index in [-0.39, 0.29) is 6.10 Å². The molecular formula is C9H20N2O2. The third-order valence-corrected chi connectivity index (χ3v) is 2.44. The van der Waals surface area contributed by atoms with Crippen molar-refractivity contribution in [1.82, 2.24) is 10.2 Å². The van der Waals surface area contributed by atoms with E-state index in [1.165, 1.54) is 0 Å². The average Bonchev–Trinajstić information content (AvgIpc) is 2.09. The number of aliphatic hydroxyl groups is 1.